The van der Waals surface area contributed by atoms with Crippen molar-refractivity contribution in [3.63, 3.8) is 0 Å². The molecule has 17 heavy (non-hydrogen) atoms. The van der Waals surface area contributed by atoms with Crippen molar-refractivity contribution in [1.82, 2.24) is 10.5 Å². The normalized spacial score (nSPS) is 19.8. The van der Waals surface area contributed by atoms with Crippen LogP contribution >= 0.6 is 11.8 Å². The molecular weight excluding hydrogens is 234 g/mol. The molecule has 2 heterocycles. The summed E-state index contributed by atoms with van der Waals surface area (Å²) in [6.07, 6.45) is 0. The molecule has 0 radical (unpaired) electrons. The SMILES string of the molecule is Cc1noc(C)c1CNC1=NCC(C(C)C)S1. The van der Waals surface area contributed by atoms with Crippen LogP contribution in [0.5, 0.6) is 0 Å². The number of amidine groups is 1. The van der Waals surface area contributed by atoms with E-state index in [-0.39, 0.29) is 0 Å². The van der Waals surface area contributed by atoms with Gasteiger partial charge in [0.05, 0.1) is 12.2 Å². The van der Waals surface area contributed by atoms with Gasteiger partial charge in [0, 0.05) is 17.4 Å². The van der Waals surface area contributed by atoms with Gasteiger partial charge in [0.1, 0.15) is 5.76 Å². The van der Waals surface area contributed by atoms with Gasteiger partial charge in [-0.05, 0) is 19.8 Å². The van der Waals surface area contributed by atoms with E-state index < -0.39 is 0 Å². The molecule has 94 valence electrons. The van der Waals surface area contributed by atoms with Crippen molar-refractivity contribution in [2.75, 3.05) is 6.54 Å². The number of nitrogens with zero attached hydrogens (tertiary/aromatic N) is 2. The smallest absolute Gasteiger partial charge is 0.157 e. The molecule has 0 aliphatic carbocycles. The fraction of sp³-hybridized carbons (Fsp3) is 0.667. The van der Waals surface area contributed by atoms with Gasteiger partial charge in [-0.1, -0.05) is 30.8 Å². The highest BCUT2D eigenvalue weighted by Gasteiger charge is 2.22. The fourth-order valence-corrected chi connectivity index (χ4v) is 2.77. The van der Waals surface area contributed by atoms with Gasteiger partial charge in [-0.15, -0.1) is 0 Å². The Hall–Kier alpha value is -0.970. The van der Waals surface area contributed by atoms with Crippen LogP contribution in [0.1, 0.15) is 30.9 Å². The first-order valence-electron chi connectivity index (χ1n) is 5.94. The highest BCUT2D eigenvalue weighted by molar-refractivity contribution is 8.14. The number of hydrogen-bond acceptors (Lipinski definition) is 5. The van der Waals surface area contributed by atoms with Crippen LogP contribution in [0.4, 0.5) is 0 Å². The zero-order valence-corrected chi connectivity index (χ0v) is 11.6. The summed E-state index contributed by atoms with van der Waals surface area (Å²) in [4.78, 5) is 4.51. The van der Waals surface area contributed by atoms with Crippen molar-refractivity contribution >= 4 is 16.9 Å². The average molecular weight is 253 g/mol. The molecule has 1 aliphatic rings. The van der Waals surface area contributed by atoms with Crippen LogP contribution in [0.3, 0.4) is 0 Å². The second-order valence-corrected chi connectivity index (χ2v) is 5.93. The Balaban J connectivity index is 1.88. The zero-order chi connectivity index (χ0) is 12.4. The van der Waals surface area contributed by atoms with E-state index in [2.05, 4.69) is 29.3 Å². The summed E-state index contributed by atoms with van der Waals surface area (Å²) in [5, 5.41) is 8.96. The van der Waals surface area contributed by atoms with Crippen LogP contribution in [-0.4, -0.2) is 22.1 Å². The Labute approximate surface area is 106 Å². The lowest BCUT2D eigenvalue weighted by molar-refractivity contribution is 0.392. The van der Waals surface area contributed by atoms with Crippen LogP contribution in [0.15, 0.2) is 9.52 Å². The number of aliphatic imine (C=N–C) groups is 1. The summed E-state index contributed by atoms with van der Waals surface area (Å²) in [7, 11) is 0. The molecule has 0 saturated heterocycles. The van der Waals surface area contributed by atoms with Crippen molar-refractivity contribution in [3.8, 4) is 0 Å². The first-order chi connectivity index (χ1) is 8.08. The number of aryl methyl sites for hydroxylation is 2. The molecule has 1 aromatic heterocycles. The maximum atomic E-state index is 5.13. The molecule has 0 bridgehead atoms. The Bertz CT molecular complexity index is 406. The molecule has 1 aliphatic heterocycles. The average Bonchev–Trinajstić information content (AvgIpc) is 2.85. The van der Waals surface area contributed by atoms with E-state index in [1.165, 1.54) is 0 Å². The van der Waals surface area contributed by atoms with E-state index in [4.69, 9.17) is 4.52 Å². The van der Waals surface area contributed by atoms with Gasteiger partial charge in [-0.2, -0.15) is 0 Å². The van der Waals surface area contributed by atoms with Gasteiger partial charge < -0.3 is 9.84 Å². The molecule has 2 rings (SSSR count). The quantitative estimate of drug-likeness (QED) is 0.899. The largest absolute Gasteiger partial charge is 0.361 e. The van der Waals surface area contributed by atoms with Gasteiger partial charge in [-0.25, -0.2) is 0 Å². The van der Waals surface area contributed by atoms with Gasteiger partial charge in [0.15, 0.2) is 5.17 Å². The topological polar surface area (TPSA) is 50.4 Å². The predicted molar refractivity (Wildman–Crippen MR) is 71.3 cm³/mol. The van der Waals surface area contributed by atoms with Crippen LogP contribution in [0.25, 0.3) is 0 Å². The van der Waals surface area contributed by atoms with Crippen molar-refractivity contribution in [1.29, 1.82) is 0 Å². The van der Waals surface area contributed by atoms with Gasteiger partial charge in [0.25, 0.3) is 0 Å². The maximum Gasteiger partial charge on any atom is 0.157 e. The Morgan fingerprint density at radius 1 is 1.47 bits per heavy atom. The van der Waals surface area contributed by atoms with Crippen molar-refractivity contribution < 1.29 is 4.52 Å². The third-order valence-electron chi connectivity index (χ3n) is 3.02. The molecule has 1 N–H and O–H groups in total. The summed E-state index contributed by atoms with van der Waals surface area (Å²) >= 11 is 1.84. The molecule has 0 spiro atoms. The first-order valence-corrected chi connectivity index (χ1v) is 6.82. The lowest BCUT2D eigenvalue weighted by atomic mass is 10.1. The molecule has 1 aromatic rings. The second-order valence-electron chi connectivity index (χ2n) is 4.70. The predicted octanol–water partition coefficient (Wildman–Crippen LogP) is 2.51. The standard InChI is InChI=1S/C12H19N3OS/c1-7(2)11-6-14-12(17-11)13-5-10-8(3)15-16-9(10)4/h7,11H,5-6H2,1-4H3,(H,13,14). The highest BCUT2D eigenvalue weighted by atomic mass is 32.2. The van der Waals surface area contributed by atoms with E-state index >= 15 is 0 Å². The fourth-order valence-electron chi connectivity index (χ4n) is 1.75. The molecule has 0 fully saturated rings. The minimum Gasteiger partial charge on any atom is -0.361 e. The van der Waals surface area contributed by atoms with Crippen LogP contribution in [0, 0.1) is 19.8 Å². The van der Waals surface area contributed by atoms with Crippen molar-refractivity contribution in [3.05, 3.63) is 17.0 Å². The van der Waals surface area contributed by atoms with Crippen molar-refractivity contribution in [2.24, 2.45) is 10.9 Å². The van der Waals surface area contributed by atoms with Gasteiger partial charge >= 0.3 is 0 Å². The minimum absolute atomic E-state index is 0.613. The third-order valence-corrected chi connectivity index (χ3v) is 4.51. The Morgan fingerprint density at radius 2 is 2.24 bits per heavy atom. The molecular formula is C12H19N3OS. The number of hydrogen-bond donors (Lipinski definition) is 1. The lowest BCUT2D eigenvalue weighted by Crippen LogP contribution is -2.20. The van der Waals surface area contributed by atoms with E-state index in [0.29, 0.717) is 11.2 Å². The molecule has 1 unspecified atom stereocenters. The summed E-state index contributed by atoms with van der Waals surface area (Å²) in [6.45, 7) is 10.1. The first kappa shape index (κ1) is 12.5. The maximum absolute atomic E-state index is 5.13. The van der Waals surface area contributed by atoms with E-state index in [1.54, 1.807) is 0 Å². The van der Waals surface area contributed by atoms with Gasteiger partial charge in [0.2, 0.25) is 0 Å². The summed E-state index contributed by atoms with van der Waals surface area (Å²) in [5.74, 6) is 1.56. The molecule has 0 amide bonds. The Kier molecular flexibility index (Phi) is 3.76. The van der Waals surface area contributed by atoms with Crippen LogP contribution in [0.2, 0.25) is 0 Å². The molecule has 1 atom stereocenters. The molecule has 0 aromatic carbocycles. The number of thioether (sulfide) groups is 1. The van der Waals surface area contributed by atoms with Gasteiger partial charge in [-0.3, -0.25) is 4.99 Å². The number of aromatic nitrogens is 1. The van der Waals surface area contributed by atoms with Crippen molar-refractivity contribution in [2.45, 2.75) is 39.5 Å². The summed E-state index contributed by atoms with van der Waals surface area (Å²) in [5.41, 5.74) is 2.10. The van der Waals surface area contributed by atoms with E-state index in [9.17, 15) is 0 Å². The lowest BCUT2D eigenvalue weighted by Gasteiger charge is -2.12. The molecule has 4 nitrogen and oxygen atoms in total. The number of nitrogens with one attached hydrogen (secondary N) is 1. The zero-order valence-electron chi connectivity index (χ0n) is 10.8. The molecule has 5 heteroatoms. The summed E-state index contributed by atoms with van der Waals surface area (Å²) in [6, 6.07) is 0. The second kappa shape index (κ2) is 5.12. The number of rotatable bonds is 3. The van der Waals surface area contributed by atoms with Crippen LogP contribution in [-0.2, 0) is 6.54 Å². The summed E-state index contributed by atoms with van der Waals surface area (Å²) < 4.78 is 5.13. The van der Waals surface area contributed by atoms with E-state index in [0.717, 1.165) is 35.3 Å². The highest BCUT2D eigenvalue weighted by Crippen LogP contribution is 2.26. The Morgan fingerprint density at radius 3 is 2.76 bits per heavy atom. The molecule has 0 saturated carbocycles. The van der Waals surface area contributed by atoms with Crippen LogP contribution < -0.4 is 5.32 Å². The third kappa shape index (κ3) is 2.83. The van der Waals surface area contributed by atoms with E-state index in [1.807, 2.05) is 25.6 Å². The monoisotopic (exact) mass is 253 g/mol. The minimum atomic E-state index is 0.613.